The molecule has 1 amide bonds. The average Bonchev–Trinajstić information content (AvgIpc) is 2.92. The number of pyridine rings is 1. The van der Waals surface area contributed by atoms with Crippen molar-refractivity contribution in [2.45, 2.75) is 26.9 Å². The van der Waals surface area contributed by atoms with E-state index < -0.39 is 17.8 Å². The first-order valence-corrected chi connectivity index (χ1v) is 7.18. The summed E-state index contributed by atoms with van der Waals surface area (Å²) in [5.41, 5.74) is 0.777. The molecule has 0 saturated carbocycles. The Kier molecular flexibility index (Phi) is 5.10. The molecule has 0 fully saturated rings. The van der Waals surface area contributed by atoms with Crippen molar-refractivity contribution in [2.24, 2.45) is 5.16 Å². The molecule has 0 unspecified atom stereocenters. The van der Waals surface area contributed by atoms with Gasteiger partial charge in [-0.3, -0.25) is 4.84 Å². The third-order valence-corrected chi connectivity index (χ3v) is 3.35. The summed E-state index contributed by atoms with van der Waals surface area (Å²) in [4.78, 5) is 19.8. The Morgan fingerprint density at radius 3 is 2.60 bits per heavy atom. The smallest absolute Gasteiger partial charge is 0.323 e. The second-order valence-electron chi connectivity index (χ2n) is 5.21. The molecule has 0 aliphatic carbocycles. The first-order chi connectivity index (χ1) is 11.6. The van der Waals surface area contributed by atoms with Gasteiger partial charge in [0.25, 0.3) is 0 Å². The van der Waals surface area contributed by atoms with E-state index in [1.807, 2.05) is 0 Å². The molecule has 0 aliphatic heterocycles. The van der Waals surface area contributed by atoms with Crippen LogP contribution in [0.2, 0.25) is 0 Å². The highest BCUT2D eigenvalue weighted by Crippen LogP contribution is 2.30. The van der Waals surface area contributed by atoms with Crippen LogP contribution in [0.5, 0.6) is 0 Å². The van der Waals surface area contributed by atoms with Gasteiger partial charge in [-0.25, -0.2) is 14.5 Å². The highest BCUT2D eigenvalue weighted by Gasteiger charge is 2.31. The second-order valence-corrected chi connectivity index (χ2v) is 5.21. The first kappa shape index (κ1) is 18.4. The monoisotopic (exact) mass is 355 g/mol. The van der Waals surface area contributed by atoms with Crippen molar-refractivity contribution in [2.75, 3.05) is 7.05 Å². The van der Waals surface area contributed by atoms with Gasteiger partial charge in [0, 0.05) is 18.3 Å². The Morgan fingerprint density at radius 1 is 1.32 bits per heavy atom. The lowest BCUT2D eigenvalue weighted by atomic mass is 10.2. The number of carbonyl (C=O) groups is 1. The SMILES string of the molecule is CNC(=O)ON=C(C)c1cnn(-c2cc(C(F)(F)F)cc(C)n2)c1C. The maximum atomic E-state index is 13.0. The maximum Gasteiger partial charge on any atom is 0.433 e. The van der Waals surface area contributed by atoms with Crippen molar-refractivity contribution in [1.82, 2.24) is 20.1 Å². The zero-order valence-electron chi connectivity index (χ0n) is 14.0. The molecule has 25 heavy (non-hydrogen) atoms. The van der Waals surface area contributed by atoms with Crippen LogP contribution in [0.25, 0.3) is 5.82 Å². The fourth-order valence-corrected chi connectivity index (χ4v) is 2.12. The minimum atomic E-state index is -4.48. The average molecular weight is 355 g/mol. The van der Waals surface area contributed by atoms with Crippen molar-refractivity contribution in [1.29, 1.82) is 0 Å². The van der Waals surface area contributed by atoms with Gasteiger partial charge in [-0.15, -0.1) is 0 Å². The molecule has 0 aromatic carbocycles. The number of halogens is 3. The summed E-state index contributed by atoms with van der Waals surface area (Å²) in [6, 6.07) is 1.89. The highest BCUT2D eigenvalue weighted by molar-refractivity contribution is 5.99. The molecular weight excluding hydrogens is 339 g/mol. The highest BCUT2D eigenvalue weighted by atomic mass is 19.4. The molecule has 2 heterocycles. The van der Waals surface area contributed by atoms with Crippen LogP contribution in [-0.2, 0) is 11.0 Å². The molecule has 7 nitrogen and oxygen atoms in total. The quantitative estimate of drug-likeness (QED) is 0.521. The fraction of sp³-hybridized carbons (Fsp3) is 0.333. The topological polar surface area (TPSA) is 81.4 Å². The van der Waals surface area contributed by atoms with Crippen molar-refractivity contribution >= 4 is 11.8 Å². The normalized spacial score (nSPS) is 12.2. The third-order valence-electron chi connectivity index (χ3n) is 3.35. The number of oxime groups is 1. The van der Waals surface area contributed by atoms with Gasteiger partial charge < -0.3 is 5.32 Å². The lowest BCUT2D eigenvalue weighted by Gasteiger charge is -2.11. The zero-order valence-corrected chi connectivity index (χ0v) is 14.0. The number of nitrogens with one attached hydrogen (secondary N) is 1. The standard InChI is InChI=1S/C15H16F3N5O2/c1-8-5-11(15(16,17)18)6-13(21-8)23-10(3)12(7-20-23)9(2)22-25-14(24)19-4/h5-7H,1-4H3,(H,19,24). The van der Waals surface area contributed by atoms with Crippen molar-refractivity contribution in [3.8, 4) is 5.82 Å². The van der Waals surface area contributed by atoms with Gasteiger partial charge in [0.2, 0.25) is 0 Å². The number of alkyl halides is 3. The molecule has 134 valence electrons. The Hall–Kier alpha value is -2.91. The Balaban J connectivity index is 2.42. The number of nitrogens with zero attached hydrogens (tertiary/aromatic N) is 4. The van der Waals surface area contributed by atoms with E-state index in [0.29, 0.717) is 17.0 Å². The van der Waals surface area contributed by atoms with Gasteiger partial charge in [-0.2, -0.15) is 18.3 Å². The van der Waals surface area contributed by atoms with Crippen LogP contribution in [0.1, 0.15) is 29.4 Å². The minimum Gasteiger partial charge on any atom is -0.323 e. The van der Waals surface area contributed by atoms with Crippen molar-refractivity contribution in [3.63, 3.8) is 0 Å². The number of hydrogen-bond donors (Lipinski definition) is 1. The van der Waals surface area contributed by atoms with Crippen LogP contribution in [0.15, 0.2) is 23.5 Å². The molecule has 2 rings (SSSR count). The molecule has 0 saturated heterocycles. The van der Waals surface area contributed by atoms with Crippen molar-refractivity contribution < 1.29 is 22.8 Å². The molecule has 1 N–H and O–H groups in total. The van der Waals surface area contributed by atoms with Gasteiger partial charge >= 0.3 is 12.3 Å². The Bertz CT molecular complexity index is 827. The fourth-order valence-electron chi connectivity index (χ4n) is 2.12. The number of aromatic nitrogens is 3. The number of carbonyl (C=O) groups excluding carboxylic acids is 1. The van der Waals surface area contributed by atoms with Crippen LogP contribution in [-0.4, -0.2) is 33.6 Å². The van der Waals surface area contributed by atoms with Gasteiger partial charge in [0.05, 0.1) is 23.2 Å². The summed E-state index contributed by atoms with van der Waals surface area (Å²) in [6.07, 6.45) is -3.80. The lowest BCUT2D eigenvalue weighted by molar-refractivity contribution is -0.137. The maximum absolute atomic E-state index is 13.0. The van der Waals surface area contributed by atoms with E-state index in [9.17, 15) is 18.0 Å². The third kappa shape index (κ3) is 4.14. The summed E-state index contributed by atoms with van der Waals surface area (Å²) < 4.78 is 40.2. The van der Waals surface area contributed by atoms with E-state index in [0.717, 1.165) is 12.1 Å². The number of aryl methyl sites for hydroxylation is 1. The summed E-state index contributed by atoms with van der Waals surface area (Å²) in [5, 5.41) is 9.97. The lowest BCUT2D eigenvalue weighted by Crippen LogP contribution is -2.17. The number of rotatable bonds is 3. The summed E-state index contributed by atoms with van der Waals surface area (Å²) in [7, 11) is 1.39. The molecule has 10 heteroatoms. The van der Waals surface area contributed by atoms with Crippen molar-refractivity contribution in [3.05, 3.63) is 40.8 Å². The molecule has 2 aromatic heterocycles. The molecule has 2 aromatic rings. The molecule has 0 aliphatic rings. The zero-order chi connectivity index (χ0) is 18.8. The van der Waals surface area contributed by atoms with Crippen LogP contribution < -0.4 is 5.32 Å². The van der Waals surface area contributed by atoms with E-state index in [4.69, 9.17) is 0 Å². The van der Waals surface area contributed by atoms with Crippen LogP contribution in [0.3, 0.4) is 0 Å². The largest absolute Gasteiger partial charge is 0.433 e. The van der Waals surface area contributed by atoms with E-state index >= 15 is 0 Å². The summed E-state index contributed by atoms with van der Waals surface area (Å²) in [6.45, 7) is 4.71. The second kappa shape index (κ2) is 6.91. The molecular formula is C15H16F3N5O2. The number of hydrogen-bond acceptors (Lipinski definition) is 5. The number of amides is 1. The predicted molar refractivity (Wildman–Crippen MR) is 83.6 cm³/mol. The predicted octanol–water partition coefficient (Wildman–Crippen LogP) is 2.98. The van der Waals surface area contributed by atoms with Gasteiger partial charge in [-0.05, 0) is 32.9 Å². The summed E-state index contributed by atoms with van der Waals surface area (Å²) in [5.74, 6) is 0.0381. The molecule has 0 bridgehead atoms. The molecule has 0 radical (unpaired) electrons. The molecule has 0 atom stereocenters. The summed E-state index contributed by atoms with van der Waals surface area (Å²) >= 11 is 0. The van der Waals surface area contributed by atoms with Crippen LogP contribution >= 0.6 is 0 Å². The van der Waals surface area contributed by atoms with E-state index in [1.165, 1.54) is 24.9 Å². The van der Waals surface area contributed by atoms with Crippen LogP contribution in [0, 0.1) is 13.8 Å². The first-order valence-electron chi connectivity index (χ1n) is 7.18. The van der Waals surface area contributed by atoms with E-state index in [-0.39, 0.29) is 11.5 Å². The van der Waals surface area contributed by atoms with Crippen LogP contribution in [0.4, 0.5) is 18.0 Å². The Labute approximate surface area is 141 Å². The Morgan fingerprint density at radius 2 is 2.00 bits per heavy atom. The van der Waals surface area contributed by atoms with Gasteiger partial charge in [0.15, 0.2) is 5.82 Å². The van der Waals surface area contributed by atoms with E-state index in [2.05, 4.69) is 25.4 Å². The van der Waals surface area contributed by atoms with E-state index in [1.54, 1.807) is 13.8 Å². The van der Waals surface area contributed by atoms with Gasteiger partial charge in [-0.1, -0.05) is 5.16 Å². The minimum absolute atomic E-state index is 0.0381. The molecule has 0 spiro atoms. The van der Waals surface area contributed by atoms with Gasteiger partial charge in [0.1, 0.15) is 0 Å².